The number of fused-ring (bicyclic) bond motifs is 1. The van der Waals surface area contributed by atoms with E-state index in [1.165, 1.54) is 18.4 Å². The third kappa shape index (κ3) is 10.6. The number of hydrogen-bond acceptors (Lipinski definition) is 5. The number of ether oxygens (including phenoxy) is 1. The fourth-order valence-corrected chi connectivity index (χ4v) is 4.96. The summed E-state index contributed by atoms with van der Waals surface area (Å²) in [5.41, 5.74) is 2.66. The molecule has 0 bridgehead atoms. The number of amides is 2. The predicted molar refractivity (Wildman–Crippen MR) is 159 cm³/mol. The number of anilines is 1. The molecule has 2 aromatic carbocycles. The summed E-state index contributed by atoms with van der Waals surface area (Å²) in [4.78, 5) is 26.9. The molecule has 7 nitrogen and oxygen atoms in total. The molecule has 0 saturated heterocycles. The van der Waals surface area contributed by atoms with Crippen molar-refractivity contribution in [2.75, 3.05) is 31.6 Å². The zero-order chi connectivity index (χ0) is 27.2. The molecule has 1 aliphatic heterocycles. The van der Waals surface area contributed by atoms with Crippen molar-refractivity contribution >= 4 is 17.5 Å². The van der Waals surface area contributed by atoms with Crippen molar-refractivity contribution in [2.45, 2.75) is 91.5 Å². The highest BCUT2D eigenvalue weighted by molar-refractivity contribution is 5.97. The Morgan fingerprint density at radius 3 is 2.62 bits per heavy atom. The van der Waals surface area contributed by atoms with Gasteiger partial charge in [0.05, 0.1) is 0 Å². The molecule has 0 aliphatic carbocycles. The maximum absolute atomic E-state index is 13.2. The van der Waals surface area contributed by atoms with E-state index in [1.54, 1.807) is 6.07 Å². The quantitative estimate of drug-likeness (QED) is 0.167. The molecular formula is C32H49N3O4. The van der Waals surface area contributed by atoms with Crippen LogP contribution >= 0.6 is 0 Å². The fraction of sp³-hybridized carbons (Fsp3) is 0.562. The third-order valence-corrected chi connectivity index (χ3v) is 7.20. The third-order valence-electron chi connectivity index (χ3n) is 7.20. The standard InChI is InChI=1S/C31H45N3O4.CH4/c1-3-4-7-12-24(2)34(29(37)19-21-32-20-18-25-13-8-5-9-14-25)22-11-6-10-15-26-16-17-27(35)30-31(26)38-23-28(36)33-30;/h5,8-9,13-14,16-17,24,32,35H,3-4,6-7,10-12,15,18-23H2,1-2H3,(H,33,36);1H4/t24-;/m1./s1. The van der Waals surface area contributed by atoms with Crippen molar-refractivity contribution in [1.82, 2.24) is 10.2 Å². The number of aromatic hydroxyl groups is 1. The Hall–Kier alpha value is -3.06. The van der Waals surface area contributed by atoms with Gasteiger partial charge in [-0.1, -0.05) is 76.4 Å². The van der Waals surface area contributed by atoms with E-state index in [1.807, 2.05) is 12.1 Å². The van der Waals surface area contributed by atoms with Crippen LogP contribution in [-0.4, -0.2) is 54.1 Å². The molecule has 0 fully saturated rings. The summed E-state index contributed by atoms with van der Waals surface area (Å²) in [5.74, 6) is 0.579. The lowest BCUT2D eigenvalue weighted by Gasteiger charge is -2.30. The normalized spacial score (nSPS) is 13.0. The number of unbranched alkanes of at least 4 members (excludes halogenated alkanes) is 4. The van der Waals surface area contributed by atoms with Gasteiger partial charge in [0.15, 0.2) is 12.4 Å². The Bertz CT molecular complexity index is 1010. The zero-order valence-corrected chi connectivity index (χ0v) is 23.1. The molecule has 3 rings (SSSR count). The summed E-state index contributed by atoms with van der Waals surface area (Å²) in [6, 6.07) is 14.1. The zero-order valence-electron chi connectivity index (χ0n) is 23.1. The second kappa shape index (κ2) is 17.5. The number of rotatable bonds is 17. The van der Waals surface area contributed by atoms with E-state index in [2.05, 4.69) is 53.6 Å². The topological polar surface area (TPSA) is 90.9 Å². The predicted octanol–water partition coefficient (Wildman–Crippen LogP) is 6.09. The van der Waals surface area contributed by atoms with Gasteiger partial charge in [0.25, 0.3) is 5.91 Å². The summed E-state index contributed by atoms with van der Waals surface area (Å²) in [6.07, 6.45) is 9.75. The highest BCUT2D eigenvalue weighted by Gasteiger charge is 2.22. The van der Waals surface area contributed by atoms with Crippen molar-refractivity contribution in [1.29, 1.82) is 0 Å². The Kier molecular flexibility index (Phi) is 14.4. The number of phenolic OH excluding ortho intramolecular Hbond substituents is 1. The van der Waals surface area contributed by atoms with E-state index in [4.69, 9.17) is 4.74 Å². The second-order valence-corrected chi connectivity index (χ2v) is 10.3. The van der Waals surface area contributed by atoms with E-state index in [-0.39, 0.29) is 37.6 Å². The molecule has 2 aromatic rings. The number of carbonyl (C=O) groups excluding carboxylic acids is 2. The average Bonchev–Trinajstić information content (AvgIpc) is 2.92. The van der Waals surface area contributed by atoms with Crippen LogP contribution < -0.4 is 15.4 Å². The van der Waals surface area contributed by atoms with Gasteiger partial charge in [0, 0.05) is 25.6 Å². The Morgan fingerprint density at radius 2 is 1.85 bits per heavy atom. The first kappa shape index (κ1) is 32.2. The van der Waals surface area contributed by atoms with E-state index in [9.17, 15) is 14.7 Å². The molecule has 2 amide bonds. The molecule has 0 radical (unpaired) electrons. The van der Waals surface area contributed by atoms with Crippen molar-refractivity contribution in [3.05, 3.63) is 53.6 Å². The van der Waals surface area contributed by atoms with Crippen molar-refractivity contribution in [2.24, 2.45) is 0 Å². The number of aryl methyl sites for hydroxylation is 1. The first-order valence-electron chi connectivity index (χ1n) is 14.3. The summed E-state index contributed by atoms with van der Waals surface area (Å²) in [5, 5.41) is 16.2. The molecule has 1 atom stereocenters. The smallest absolute Gasteiger partial charge is 0.262 e. The van der Waals surface area contributed by atoms with Crippen molar-refractivity contribution in [3.8, 4) is 11.5 Å². The minimum atomic E-state index is -0.255. The summed E-state index contributed by atoms with van der Waals surface area (Å²) >= 11 is 0. The number of nitrogens with one attached hydrogen (secondary N) is 2. The minimum Gasteiger partial charge on any atom is -0.506 e. The molecule has 39 heavy (non-hydrogen) atoms. The lowest BCUT2D eigenvalue weighted by Crippen LogP contribution is -2.40. The van der Waals surface area contributed by atoms with Gasteiger partial charge in [-0.15, -0.1) is 0 Å². The Balaban J connectivity index is 0.00000533. The van der Waals surface area contributed by atoms with E-state index in [0.717, 1.165) is 63.6 Å². The average molecular weight is 540 g/mol. The van der Waals surface area contributed by atoms with Crippen LogP contribution in [0.5, 0.6) is 11.5 Å². The molecule has 1 heterocycles. The molecule has 0 spiro atoms. The lowest BCUT2D eigenvalue weighted by atomic mass is 10.0. The largest absolute Gasteiger partial charge is 0.506 e. The van der Waals surface area contributed by atoms with Crippen molar-refractivity contribution < 1.29 is 19.4 Å². The number of benzene rings is 2. The molecule has 0 unspecified atom stereocenters. The van der Waals surface area contributed by atoms with Crippen LogP contribution in [0.15, 0.2) is 42.5 Å². The summed E-state index contributed by atoms with van der Waals surface area (Å²) < 4.78 is 5.60. The lowest BCUT2D eigenvalue weighted by molar-refractivity contribution is -0.133. The van der Waals surface area contributed by atoms with Gasteiger partial charge in [-0.2, -0.15) is 0 Å². The van der Waals surface area contributed by atoms with Crippen LogP contribution in [0, 0.1) is 0 Å². The molecule has 3 N–H and O–H groups in total. The van der Waals surface area contributed by atoms with Crippen LogP contribution in [-0.2, 0) is 22.4 Å². The molecular weight excluding hydrogens is 490 g/mol. The molecule has 0 saturated carbocycles. The maximum Gasteiger partial charge on any atom is 0.262 e. The molecule has 0 aromatic heterocycles. The van der Waals surface area contributed by atoms with Crippen LogP contribution in [0.25, 0.3) is 0 Å². The summed E-state index contributed by atoms with van der Waals surface area (Å²) in [6.45, 7) is 6.71. The number of hydrogen-bond donors (Lipinski definition) is 3. The first-order chi connectivity index (χ1) is 18.5. The Labute approximate surface area is 235 Å². The number of carbonyl (C=O) groups is 2. The highest BCUT2D eigenvalue weighted by Crippen LogP contribution is 2.39. The monoisotopic (exact) mass is 539 g/mol. The number of nitrogens with zero attached hydrogens (tertiary/aromatic N) is 1. The van der Waals surface area contributed by atoms with Gasteiger partial charge in [-0.25, -0.2) is 0 Å². The van der Waals surface area contributed by atoms with Gasteiger partial charge in [-0.3, -0.25) is 9.59 Å². The fourth-order valence-electron chi connectivity index (χ4n) is 4.96. The van der Waals surface area contributed by atoms with E-state index in [0.29, 0.717) is 24.4 Å². The Morgan fingerprint density at radius 1 is 1.05 bits per heavy atom. The number of phenols is 1. The van der Waals surface area contributed by atoms with Gasteiger partial charge in [-0.05, 0) is 62.8 Å². The molecule has 1 aliphatic rings. The van der Waals surface area contributed by atoms with Crippen LogP contribution in [0.2, 0.25) is 0 Å². The molecule has 216 valence electrons. The van der Waals surface area contributed by atoms with Gasteiger partial charge in [0.2, 0.25) is 5.91 Å². The first-order valence-corrected chi connectivity index (χ1v) is 14.3. The second-order valence-electron chi connectivity index (χ2n) is 10.3. The maximum atomic E-state index is 13.2. The van der Waals surface area contributed by atoms with Crippen molar-refractivity contribution in [3.63, 3.8) is 0 Å². The minimum absolute atomic E-state index is 0. The highest BCUT2D eigenvalue weighted by atomic mass is 16.5. The summed E-state index contributed by atoms with van der Waals surface area (Å²) in [7, 11) is 0. The van der Waals surface area contributed by atoms with Crippen LogP contribution in [0.4, 0.5) is 5.69 Å². The van der Waals surface area contributed by atoms with Crippen LogP contribution in [0.1, 0.15) is 83.8 Å². The van der Waals surface area contributed by atoms with Crippen LogP contribution in [0.3, 0.4) is 0 Å². The van der Waals surface area contributed by atoms with E-state index >= 15 is 0 Å². The van der Waals surface area contributed by atoms with E-state index < -0.39 is 0 Å². The van der Waals surface area contributed by atoms with Gasteiger partial charge < -0.3 is 25.4 Å². The van der Waals surface area contributed by atoms with Gasteiger partial charge >= 0.3 is 0 Å². The van der Waals surface area contributed by atoms with Gasteiger partial charge in [0.1, 0.15) is 11.4 Å². The SMILES string of the molecule is C.CCCCC[C@@H](C)N(CCCCCc1ccc(O)c2c1OCC(=O)N2)C(=O)CCNCCc1ccccc1. The molecule has 7 heteroatoms.